The Hall–Kier alpha value is -2.62. The molecule has 1 aliphatic rings. The van der Waals surface area contributed by atoms with Crippen molar-refractivity contribution in [2.24, 2.45) is 11.7 Å². The van der Waals surface area contributed by atoms with Gasteiger partial charge in [-0.15, -0.1) is 0 Å². The van der Waals surface area contributed by atoms with Crippen LogP contribution in [0.15, 0.2) is 66.5 Å². The maximum Gasteiger partial charge on any atom is 0.123 e. The van der Waals surface area contributed by atoms with Gasteiger partial charge in [-0.25, -0.2) is 0 Å². The average molecular weight is 338 g/mol. The van der Waals surface area contributed by atoms with Crippen molar-refractivity contribution in [3.05, 3.63) is 72.1 Å². The third-order valence-corrected chi connectivity index (χ3v) is 4.36. The van der Waals surface area contributed by atoms with Crippen molar-refractivity contribution in [2.75, 3.05) is 6.54 Å². The van der Waals surface area contributed by atoms with Gasteiger partial charge in [0.1, 0.15) is 18.1 Å². The monoisotopic (exact) mass is 338 g/mol. The summed E-state index contributed by atoms with van der Waals surface area (Å²) >= 11 is 0. The molecule has 3 N–H and O–H groups in total. The Balaban J connectivity index is 1.56. The fraction of sp³-hybridized carbons (Fsp3) is 0.333. The van der Waals surface area contributed by atoms with Crippen LogP contribution in [0.25, 0.3) is 0 Å². The molecular formula is C21H26N2O2. The Kier molecular flexibility index (Phi) is 5.83. The summed E-state index contributed by atoms with van der Waals surface area (Å²) in [7, 11) is 0. The second-order valence-electron chi connectivity index (χ2n) is 6.40. The normalized spacial score (nSPS) is 17.5. The maximum atomic E-state index is 6.18. The van der Waals surface area contributed by atoms with E-state index in [4.69, 9.17) is 15.2 Å². The van der Waals surface area contributed by atoms with Crippen molar-refractivity contribution >= 4 is 0 Å². The second kappa shape index (κ2) is 8.47. The molecule has 3 rings (SSSR count). The van der Waals surface area contributed by atoms with E-state index in [0.29, 0.717) is 12.5 Å². The van der Waals surface area contributed by atoms with Crippen molar-refractivity contribution in [3.63, 3.8) is 0 Å². The van der Waals surface area contributed by atoms with Crippen LogP contribution >= 0.6 is 0 Å². The highest BCUT2D eigenvalue weighted by atomic mass is 16.5. The Bertz CT molecular complexity index is 700. The molecule has 0 saturated heterocycles. The van der Waals surface area contributed by atoms with Gasteiger partial charge < -0.3 is 20.5 Å². The fourth-order valence-electron chi connectivity index (χ4n) is 2.98. The number of nitrogens with one attached hydrogen (secondary N) is 1. The van der Waals surface area contributed by atoms with Crippen molar-refractivity contribution in [1.29, 1.82) is 0 Å². The molecule has 1 heterocycles. The highest BCUT2D eigenvalue weighted by molar-refractivity contribution is 5.33. The zero-order valence-corrected chi connectivity index (χ0v) is 14.7. The largest absolute Gasteiger partial charge is 0.490 e. The third-order valence-electron chi connectivity index (χ3n) is 4.36. The van der Waals surface area contributed by atoms with Gasteiger partial charge in [-0.1, -0.05) is 43.3 Å². The molecular weight excluding hydrogens is 312 g/mol. The summed E-state index contributed by atoms with van der Waals surface area (Å²) in [6.45, 7) is 3.60. The molecule has 2 atom stereocenters. The molecule has 0 spiro atoms. The van der Waals surface area contributed by atoms with Crippen molar-refractivity contribution < 1.29 is 9.47 Å². The predicted octanol–water partition coefficient (Wildman–Crippen LogP) is 3.83. The van der Waals surface area contributed by atoms with Gasteiger partial charge in [-0.2, -0.15) is 0 Å². The number of rotatable bonds is 8. The molecule has 2 aromatic rings. The lowest BCUT2D eigenvalue weighted by atomic mass is 10.0. The standard InChI is InChI=1S/C21H26N2O2/c1-2-18(11-17-12-21(22)23-14-17)25-20-10-6-9-19(13-20)24-15-16-7-4-3-5-8-16/h3-10,12-13,17-18,23H,2,11,14-15,22H2,1H3/t17-,18-/m0/s1. The summed E-state index contributed by atoms with van der Waals surface area (Å²) < 4.78 is 12.1. The van der Waals surface area contributed by atoms with Gasteiger partial charge in [0, 0.05) is 18.5 Å². The van der Waals surface area contributed by atoms with E-state index in [1.807, 2.05) is 42.5 Å². The molecule has 0 amide bonds. The van der Waals surface area contributed by atoms with E-state index in [2.05, 4.69) is 30.4 Å². The number of hydrogen-bond acceptors (Lipinski definition) is 4. The molecule has 25 heavy (non-hydrogen) atoms. The topological polar surface area (TPSA) is 56.5 Å². The first-order valence-corrected chi connectivity index (χ1v) is 8.87. The van der Waals surface area contributed by atoms with Crippen LogP contribution in [0.5, 0.6) is 11.5 Å². The highest BCUT2D eigenvalue weighted by Gasteiger charge is 2.19. The lowest BCUT2D eigenvalue weighted by molar-refractivity contribution is 0.172. The molecule has 0 aliphatic carbocycles. The van der Waals surface area contributed by atoms with E-state index in [1.165, 1.54) is 0 Å². The van der Waals surface area contributed by atoms with Crippen LogP contribution in [-0.2, 0) is 6.61 Å². The summed E-state index contributed by atoms with van der Waals surface area (Å²) in [6.07, 6.45) is 4.17. The highest BCUT2D eigenvalue weighted by Crippen LogP contribution is 2.24. The van der Waals surface area contributed by atoms with Crippen molar-refractivity contribution in [2.45, 2.75) is 32.5 Å². The zero-order chi connectivity index (χ0) is 17.5. The van der Waals surface area contributed by atoms with Crippen LogP contribution in [0, 0.1) is 5.92 Å². The van der Waals surface area contributed by atoms with Gasteiger partial charge in [0.2, 0.25) is 0 Å². The van der Waals surface area contributed by atoms with Gasteiger partial charge in [0.05, 0.1) is 11.9 Å². The van der Waals surface area contributed by atoms with E-state index >= 15 is 0 Å². The molecule has 0 unspecified atom stereocenters. The number of hydrogen-bond donors (Lipinski definition) is 2. The lowest BCUT2D eigenvalue weighted by Gasteiger charge is -2.20. The van der Waals surface area contributed by atoms with Crippen molar-refractivity contribution in [1.82, 2.24) is 5.32 Å². The molecule has 4 heteroatoms. The first-order valence-electron chi connectivity index (χ1n) is 8.87. The molecule has 0 aromatic heterocycles. The van der Waals surface area contributed by atoms with Gasteiger partial charge >= 0.3 is 0 Å². The van der Waals surface area contributed by atoms with E-state index in [1.54, 1.807) is 0 Å². The quantitative estimate of drug-likeness (QED) is 0.768. The minimum absolute atomic E-state index is 0.165. The van der Waals surface area contributed by atoms with Crippen molar-refractivity contribution in [3.8, 4) is 11.5 Å². The summed E-state index contributed by atoms with van der Waals surface area (Å²) in [5.74, 6) is 2.88. The van der Waals surface area contributed by atoms with Gasteiger partial charge in [0.25, 0.3) is 0 Å². The van der Waals surface area contributed by atoms with Crippen LogP contribution in [0.4, 0.5) is 0 Å². The van der Waals surface area contributed by atoms with Crippen LogP contribution in [-0.4, -0.2) is 12.6 Å². The van der Waals surface area contributed by atoms with E-state index in [0.717, 1.165) is 42.3 Å². The summed E-state index contributed by atoms with van der Waals surface area (Å²) in [4.78, 5) is 0. The minimum atomic E-state index is 0.165. The van der Waals surface area contributed by atoms with E-state index in [9.17, 15) is 0 Å². The van der Waals surface area contributed by atoms with E-state index in [-0.39, 0.29) is 6.10 Å². The lowest BCUT2D eigenvalue weighted by Crippen LogP contribution is -2.22. The molecule has 0 saturated carbocycles. The van der Waals surface area contributed by atoms with Crippen LogP contribution < -0.4 is 20.5 Å². The van der Waals surface area contributed by atoms with Crippen LogP contribution in [0.2, 0.25) is 0 Å². The smallest absolute Gasteiger partial charge is 0.123 e. The Morgan fingerprint density at radius 2 is 1.92 bits per heavy atom. The molecule has 2 aromatic carbocycles. The first-order chi connectivity index (χ1) is 12.2. The molecule has 1 aliphatic heterocycles. The Labute approximate surface area is 149 Å². The van der Waals surface area contributed by atoms with Gasteiger partial charge in [0.15, 0.2) is 0 Å². The second-order valence-corrected chi connectivity index (χ2v) is 6.40. The summed E-state index contributed by atoms with van der Waals surface area (Å²) in [5, 5.41) is 3.17. The SMILES string of the molecule is CC[C@@H](C[C@H]1C=C(N)NC1)Oc1cccc(OCc2ccccc2)c1. The molecule has 0 fully saturated rings. The maximum absolute atomic E-state index is 6.18. The van der Waals surface area contributed by atoms with Gasteiger partial charge in [-0.05, 0) is 36.6 Å². The van der Waals surface area contributed by atoms with E-state index < -0.39 is 0 Å². The number of ether oxygens (including phenoxy) is 2. The first kappa shape index (κ1) is 17.2. The zero-order valence-electron chi connectivity index (χ0n) is 14.7. The van der Waals surface area contributed by atoms with Gasteiger partial charge in [-0.3, -0.25) is 0 Å². The Morgan fingerprint density at radius 1 is 1.12 bits per heavy atom. The summed E-state index contributed by atoms with van der Waals surface area (Å²) in [6, 6.07) is 18.0. The Morgan fingerprint density at radius 3 is 2.64 bits per heavy atom. The average Bonchev–Trinajstić information content (AvgIpc) is 3.05. The fourth-order valence-corrected chi connectivity index (χ4v) is 2.98. The molecule has 0 radical (unpaired) electrons. The minimum Gasteiger partial charge on any atom is -0.490 e. The summed E-state index contributed by atoms with van der Waals surface area (Å²) in [5.41, 5.74) is 6.94. The molecule has 4 nitrogen and oxygen atoms in total. The molecule has 0 bridgehead atoms. The van der Waals surface area contributed by atoms with Crippen LogP contribution in [0.1, 0.15) is 25.3 Å². The predicted molar refractivity (Wildman–Crippen MR) is 100 cm³/mol. The number of nitrogens with two attached hydrogens (primary N) is 1. The number of benzene rings is 2. The third kappa shape index (κ3) is 5.18. The van der Waals surface area contributed by atoms with Crippen LogP contribution in [0.3, 0.4) is 0 Å². The molecule has 132 valence electrons.